The molecule has 2 atom stereocenters. The summed E-state index contributed by atoms with van der Waals surface area (Å²) in [6, 6.07) is 1.27. The molecule has 0 bridgehead atoms. The summed E-state index contributed by atoms with van der Waals surface area (Å²) in [7, 11) is 0. The highest BCUT2D eigenvalue weighted by Gasteiger charge is 2.37. The Labute approximate surface area is 112 Å². The van der Waals surface area contributed by atoms with Crippen molar-refractivity contribution < 1.29 is 23.6 Å². The number of non-ortho nitro benzene ring substituents is 1. The largest absolute Gasteiger partial charge is 0.481 e. The number of benzene rings is 1. The van der Waals surface area contributed by atoms with Gasteiger partial charge in [0.1, 0.15) is 5.69 Å². The van der Waals surface area contributed by atoms with Crippen molar-refractivity contribution in [1.29, 1.82) is 0 Å². The lowest BCUT2D eigenvalue weighted by Crippen LogP contribution is -2.24. The Morgan fingerprint density at radius 3 is 2.35 bits per heavy atom. The lowest BCUT2D eigenvalue weighted by atomic mass is 9.99. The van der Waals surface area contributed by atoms with Crippen LogP contribution in [0.1, 0.15) is 6.92 Å². The van der Waals surface area contributed by atoms with Gasteiger partial charge < -0.3 is 10.0 Å². The van der Waals surface area contributed by atoms with Gasteiger partial charge in [0, 0.05) is 13.1 Å². The van der Waals surface area contributed by atoms with Crippen LogP contribution in [0, 0.1) is 33.6 Å². The van der Waals surface area contributed by atoms with E-state index in [0.717, 1.165) is 0 Å². The van der Waals surface area contributed by atoms with Crippen LogP contribution in [-0.2, 0) is 4.79 Å². The SMILES string of the molecule is CC1CN(c2c(F)cc([N+](=O)[O-])cc2F)CC1C(=O)O. The average molecular weight is 286 g/mol. The van der Waals surface area contributed by atoms with Crippen LogP contribution in [0.4, 0.5) is 20.2 Å². The van der Waals surface area contributed by atoms with Crippen molar-refractivity contribution in [3.63, 3.8) is 0 Å². The van der Waals surface area contributed by atoms with Gasteiger partial charge in [-0.05, 0) is 5.92 Å². The fourth-order valence-corrected chi connectivity index (χ4v) is 2.43. The lowest BCUT2D eigenvalue weighted by Gasteiger charge is -2.19. The smallest absolute Gasteiger partial charge is 0.308 e. The van der Waals surface area contributed by atoms with E-state index in [1.165, 1.54) is 4.90 Å². The van der Waals surface area contributed by atoms with E-state index in [9.17, 15) is 23.7 Å². The molecule has 108 valence electrons. The van der Waals surface area contributed by atoms with Crippen molar-refractivity contribution in [2.75, 3.05) is 18.0 Å². The van der Waals surface area contributed by atoms with Gasteiger partial charge in [-0.1, -0.05) is 6.92 Å². The lowest BCUT2D eigenvalue weighted by molar-refractivity contribution is -0.385. The molecule has 6 nitrogen and oxygen atoms in total. The van der Waals surface area contributed by atoms with Crippen LogP contribution >= 0.6 is 0 Å². The molecule has 0 spiro atoms. The zero-order valence-corrected chi connectivity index (χ0v) is 10.5. The van der Waals surface area contributed by atoms with Crippen LogP contribution < -0.4 is 4.90 Å². The van der Waals surface area contributed by atoms with E-state index in [1.54, 1.807) is 6.92 Å². The Hall–Kier alpha value is -2.25. The van der Waals surface area contributed by atoms with Gasteiger partial charge in [-0.25, -0.2) is 8.78 Å². The van der Waals surface area contributed by atoms with Crippen molar-refractivity contribution in [1.82, 2.24) is 0 Å². The first kappa shape index (κ1) is 14.2. The molecule has 1 saturated heterocycles. The zero-order chi connectivity index (χ0) is 15.0. The molecule has 2 unspecified atom stereocenters. The number of carboxylic acid groups (broad SMARTS) is 1. The van der Waals surface area contributed by atoms with Gasteiger partial charge in [-0.3, -0.25) is 14.9 Å². The summed E-state index contributed by atoms with van der Waals surface area (Å²) in [5, 5.41) is 19.5. The van der Waals surface area contributed by atoms with Crippen LogP contribution in [0.3, 0.4) is 0 Å². The van der Waals surface area contributed by atoms with E-state index in [1.807, 2.05) is 0 Å². The van der Waals surface area contributed by atoms with Gasteiger partial charge in [-0.2, -0.15) is 0 Å². The summed E-state index contributed by atoms with van der Waals surface area (Å²) < 4.78 is 27.7. The van der Waals surface area contributed by atoms with Crippen LogP contribution in [0.15, 0.2) is 12.1 Å². The quantitative estimate of drug-likeness (QED) is 0.679. The van der Waals surface area contributed by atoms with Crippen LogP contribution in [0.2, 0.25) is 0 Å². The molecule has 1 fully saturated rings. The first-order valence-electron chi connectivity index (χ1n) is 5.92. The summed E-state index contributed by atoms with van der Waals surface area (Å²) in [6.45, 7) is 1.84. The Morgan fingerprint density at radius 1 is 1.40 bits per heavy atom. The molecule has 8 heteroatoms. The number of halogens is 2. The van der Waals surface area contributed by atoms with Crippen molar-refractivity contribution in [3.05, 3.63) is 33.9 Å². The van der Waals surface area contributed by atoms with Gasteiger partial charge in [0.15, 0.2) is 11.6 Å². The predicted octanol–water partition coefficient (Wildman–Crippen LogP) is 2.03. The van der Waals surface area contributed by atoms with Crippen LogP contribution in [0.5, 0.6) is 0 Å². The Balaban J connectivity index is 2.35. The van der Waals surface area contributed by atoms with Gasteiger partial charge in [0.05, 0.1) is 23.0 Å². The fraction of sp³-hybridized carbons (Fsp3) is 0.417. The predicted molar refractivity (Wildman–Crippen MR) is 65.5 cm³/mol. The van der Waals surface area contributed by atoms with E-state index < -0.39 is 39.8 Å². The minimum Gasteiger partial charge on any atom is -0.481 e. The fourth-order valence-electron chi connectivity index (χ4n) is 2.43. The maximum Gasteiger partial charge on any atom is 0.308 e. The molecule has 0 aliphatic carbocycles. The summed E-state index contributed by atoms with van der Waals surface area (Å²) in [6.07, 6.45) is 0. The normalized spacial score (nSPS) is 22.1. The second kappa shape index (κ2) is 5.03. The molecule has 20 heavy (non-hydrogen) atoms. The first-order valence-corrected chi connectivity index (χ1v) is 5.92. The van der Waals surface area contributed by atoms with Crippen molar-refractivity contribution >= 4 is 17.3 Å². The summed E-state index contributed by atoms with van der Waals surface area (Å²) in [5.74, 6) is -4.13. The second-order valence-corrected chi connectivity index (χ2v) is 4.84. The Morgan fingerprint density at radius 2 is 1.95 bits per heavy atom. The number of nitrogens with zero attached hydrogens (tertiary/aromatic N) is 2. The summed E-state index contributed by atoms with van der Waals surface area (Å²) >= 11 is 0. The number of carbonyl (C=O) groups is 1. The van der Waals surface area contributed by atoms with E-state index >= 15 is 0 Å². The van der Waals surface area contributed by atoms with Gasteiger partial charge >= 0.3 is 5.97 Å². The molecule has 1 aliphatic rings. The molecule has 1 aromatic carbocycles. The number of hydrogen-bond acceptors (Lipinski definition) is 4. The molecule has 0 aromatic heterocycles. The Kier molecular flexibility index (Phi) is 3.56. The van der Waals surface area contributed by atoms with Crippen molar-refractivity contribution in [2.45, 2.75) is 6.92 Å². The molecular weight excluding hydrogens is 274 g/mol. The average Bonchev–Trinajstić information content (AvgIpc) is 2.70. The van der Waals surface area contributed by atoms with E-state index in [2.05, 4.69) is 0 Å². The van der Waals surface area contributed by atoms with Crippen LogP contribution in [0.25, 0.3) is 0 Å². The van der Waals surface area contributed by atoms with Gasteiger partial charge in [-0.15, -0.1) is 0 Å². The summed E-state index contributed by atoms with van der Waals surface area (Å²) in [4.78, 5) is 21.9. The number of nitro benzene ring substituents is 1. The number of nitro groups is 1. The molecule has 1 N–H and O–H groups in total. The molecule has 1 aromatic rings. The number of anilines is 1. The second-order valence-electron chi connectivity index (χ2n) is 4.84. The van der Waals surface area contributed by atoms with Gasteiger partial charge in [0.2, 0.25) is 0 Å². The van der Waals surface area contributed by atoms with E-state index in [4.69, 9.17) is 5.11 Å². The Bertz CT molecular complexity index is 556. The maximum absolute atomic E-state index is 13.8. The molecule has 1 aliphatic heterocycles. The highest BCUT2D eigenvalue weighted by atomic mass is 19.1. The third kappa shape index (κ3) is 2.40. The number of carboxylic acids is 1. The monoisotopic (exact) mass is 286 g/mol. The summed E-state index contributed by atoms with van der Waals surface area (Å²) in [5.41, 5.74) is -1.09. The maximum atomic E-state index is 13.8. The minimum atomic E-state index is -1.06. The molecule has 0 radical (unpaired) electrons. The van der Waals surface area contributed by atoms with Gasteiger partial charge in [0.25, 0.3) is 5.69 Å². The number of rotatable bonds is 3. The molecule has 0 amide bonds. The molecule has 1 heterocycles. The number of aliphatic carboxylic acids is 1. The third-order valence-corrected chi connectivity index (χ3v) is 3.46. The molecule has 0 saturated carbocycles. The van der Waals surface area contributed by atoms with E-state index in [-0.39, 0.29) is 19.0 Å². The number of hydrogen-bond donors (Lipinski definition) is 1. The van der Waals surface area contributed by atoms with Crippen molar-refractivity contribution in [3.8, 4) is 0 Å². The highest BCUT2D eigenvalue weighted by molar-refractivity contribution is 5.72. The standard InChI is InChI=1S/C12H12F2N2O4/c1-6-4-15(5-8(6)12(17)18)11-9(13)2-7(16(19)20)3-10(11)14/h2-3,6,8H,4-5H2,1H3,(H,17,18). The van der Waals surface area contributed by atoms with E-state index in [0.29, 0.717) is 12.1 Å². The molecular formula is C12H12F2N2O4. The third-order valence-electron chi connectivity index (χ3n) is 3.46. The van der Waals surface area contributed by atoms with Crippen LogP contribution in [-0.4, -0.2) is 29.1 Å². The highest BCUT2D eigenvalue weighted by Crippen LogP contribution is 2.33. The zero-order valence-electron chi connectivity index (χ0n) is 10.5. The topological polar surface area (TPSA) is 83.7 Å². The van der Waals surface area contributed by atoms with Crippen molar-refractivity contribution in [2.24, 2.45) is 11.8 Å². The molecule has 2 rings (SSSR count). The minimum absolute atomic E-state index is 0.0256. The first-order chi connectivity index (χ1) is 9.31.